The molecule has 0 amide bonds. The van der Waals surface area contributed by atoms with Crippen LogP contribution in [-0.2, 0) is 0 Å². The van der Waals surface area contributed by atoms with E-state index >= 15 is 0 Å². The van der Waals surface area contributed by atoms with Gasteiger partial charge < -0.3 is 9.64 Å². The van der Waals surface area contributed by atoms with Crippen LogP contribution in [0.25, 0.3) is 5.57 Å². The lowest BCUT2D eigenvalue weighted by Crippen LogP contribution is -2.22. The van der Waals surface area contributed by atoms with Crippen molar-refractivity contribution in [2.24, 2.45) is 0 Å². The van der Waals surface area contributed by atoms with Gasteiger partial charge in [-0.3, -0.25) is 0 Å². The minimum atomic E-state index is -0.126. The van der Waals surface area contributed by atoms with Crippen LogP contribution in [0, 0.1) is 0 Å². The number of rotatable bonds is 4. The molecule has 1 atom stereocenters. The van der Waals surface area contributed by atoms with Crippen molar-refractivity contribution in [3.63, 3.8) is 0 Å². The number of nitrogens with zero attached hydrogens (tertiary/aromatic N) is 1. The molecule has 0 aliphatic carbocycles. The summed E-state index contributed by atoms with van der Waals surface area (Å²) in [5.41, 5.74) is 3.62. The highest BCUT2D eigenvalue weighted by Gasteiger charge is 2.18. The van der Waals surface area contributed by atoms with Crippen LogP contribution in [0.15, 0.2) is 24.3 Å². The molecule has 1 heterocycles. The van der Waals surface area contributed by atoms with Crippen molar-refractivity contribution in [2.75, 3.05) is 18.0 Å². The molecule has 0 bridgehead atoms. The van der Waals surface area contributed by atoms with Crippen molar-refractivity contribution in [2.45, 2.75) is 32.6 Å². The van der Waals surface area contributed by atoms with Gasteiger partial charge in [0, 0.05) is 30.4 Å². The Kier molecular flexibility index (Phi) is 4.23. The minimum Gasteiger partial charge on any atom is -0.475 e. The molecule has 98 valence electrons. The van der Waals surface area contributed by atoms with Gasteiger partial charge in [0.2, 0.25) is 0 Å². The smallest absolute Gasteiger partial charge is 0.160 e. The van der Waals surface area contributed by atoms with Crippen molar-refractivity contribution < 1.29 is 4.74 Å². The van der Waals surface area contributed by atoms with Crippen LogP contribution < -0.4 is 9.64 Å². The molecule has 0 spiro atoms. The van der Waals surface area contributed by atoms with Crippen molar-refractivity contribution in [3.05, 3.63) is 29.8 Å². The summed E-state index contributed by atoms with van der Waals surface area (Å²) >= 11 is 4.42. The van der Waals surface area contributed by atoms with E-state index in [4.69, 9.17) is 4.74 Å². The first-order chi connectivity index (χ1) is 8.69. The van der Waals surface area contributed by atoms with E-state index in [0.29, 0.717) is 0 Å². The molecule has 0 saturated carbocycles. The fourth-order valence-corrected chi connectivity index (χ4v) is 2.69. The first kappa shape index (κ1) is 13.3. The molecule has 1 aliphatic rings. The Hall–Kier alpha value is -1.09. The van der Waals surface area contributed by atoms with E-state index in [2.05, 4.69) is 62.6 Å². The van der Waals surface area contributed by atoms with Gasteiger partial charge in [-0.25, -0.2) is 0 Å². The number of fused-ring (bicyclic) bond motifs is 1. The highest BCUT2D eigenvalue weighted by Crippen LogP contribution is 2.37. The number of allylic oxidation sites excluding steroid dienone is 1. The van der Waals surface area contributed by atoms with Crippen LogP contribution in [0.1, 0.15) is 32.8 Å². The van der Waals surface area contributed by atoms with Gasteiger partial charge >= 0.3 is 0 Å². The summed E-state index contributed by atoms with van der Waals surface area (Å²) in [6.07, 6.45) is 3.10. The van der Waals surface area contributed by atoms with Crippen LogP contribution >= 0.6 is 12.6 Å². The van der Waals surface area contributed by atoms with Gasteiger partial charge in [0.25, 0.3) is 0 Å². The quantitative estimate of drug-likeness (QED) is 0.825. The lowest BCUT2D eigenvalue weighted by Gasteiger charge is -2.26. The Morgan fingerprint density at radius 2 is 1.94 bits per heavy atom. The van der Waals surface area contributed by atoms with E-state index in [0.717, 1.165) is 25.3 Å². The van der Waals surface area contributed by atoms with E-state index < -0.39 is 0 Å². The SMILES string of the molecule is CCC1=CC(S)Oc2cc(N(CC)CC)ccc21. The Balaban J connectivity index is 2.39. The maximum Gasteiger partial charge on any atom is 0.160 e. The van der Waals surface area contributed by atoms with Gasteiger partial charge in [-0.2, -0.15) is 0 Å². The predicted octanol–water partition coefficient (Wildman–Crippen LogP) is 3.97. The van der Waals surface area contributed by atoms with Crippen LogP contribution in [0.4, 0.5) is 5.69 Å². The lowest BCUT2D eigenvalue weighted by molar-refractivity contribution is 0.328. The lowest BCUT2D eigenvalue weighted by atomic mass is 10.00. The molecule has 2 nitrogen and oxygen atoms in total. The average molecular weight is 263 g/mol. The second-order valence-corrected chi connectivity index (χ2v) is 4.92. The molecule has 0 radical (unpaired) electrons. The van der Waals surface area contributed by atoms with Crippen molar-refractivity contribution >= 4 is 23.9 Å². The van der Waals surface area contributed by atoms with Gasteiger partial charge in [0.1, 0.15) is 5.75 Å². The van der Waals surface area contributed by atoms with Crippen LogP contribution in [0.2, 0.25) is 0 Å². The molecule has 0 aromatic heterocycles. The number of thiol groups is 1. The maximum atomic E-state index is 5.80. The Labute approximate surface area is 115 Å². The van der Waals surface area contributed by atoms with E-state index in [9.17, 15) is 0 Å². The molecular formula is C15H21NOS. The summed E-state index contributed by atoms with van der Waals surface area (Å²) in [7, 11) is 0. The monoisotopic (exact) mass is 263 g/mol. The van der Waals surface area contributed by atoms with E-state index in [-0.39, 0.29) is 5.44 Å². The zero-order valence-corrected chi connectivity index (χ0v) is 12.2. The minimum absolute atomic E-state index is 0.126. The predicted molar refractivity (Wildman–Crippen MR) is 81.7 cm³/mol. The molecule has 18 heavy (non-hydrogen) atoms. The van der Waals surface area contributed by atoms with E-state index in [1.165, 1.54) is 16.8 Å². The van der Waals surface area contributed by atoms with Gasteiger partial charge in [0.15, 0.2) is 5.44 Å². The second kappa shape index (κ2) is 5.70. The van der Waals surface area contributed by atoms with E-state index in [1.807, 2.05) is 0 Å². The molecule has 2 rings (SSSR count). The number of benzene rings is 1. The van der Waals surface area contributed by atoms with Crippen molar-refractivity contribution in [1.29, 1.82) is 0 Å². The van der Waals surface area contributed by atoms with Crippen molar-refractivity contribution in [1.82, 2.24) is 0 Å². The number of hydrogen-bond donors (Lipinski definition) is 1. The highest BCUT2D eigenvalue weighted by atomic mass is 32.1. The summed E-state index contributed by atoms with van der Waals surface area (Å²) < 4.78 is 5.80. The zero-order valence-electron chi connectivity index (χ0n) is 11.3. The van der Waals surface area contributed by atoms with Gasteiger partial charge in [0.05, 0.1) is 0 Å². The largest absolute Gasteiger partial charge is 0.475 e. The average Bonchev–Trinajstić information content (AvgIpc) is 2.38. The summed E-state index contributed by atoms with van der Waals surface area (Å²) in [6.45, 7) is 8.52. The third kappa shape index (κ3) is 2.51. The van der Waals surface area contributed by atoms with Crippen LogP contribution in [-0.4, -0.2) is 18.5 Å². The molecule has 1 aromatic rings. The number of hydrogen-bond acceptors (Lipinski definition) is 3. The normalized spacial score (nSPS) is 17.8. The maximum absolute atomic E-state index is 5.80. The molecule has 1 aliphatic heterocycles. The molecule has 1 aromatic carbocycles. The highest BCUT2D eigenvalue weighted by molar-refractivity contribution is 7.81. The standard InChI is InChI=1S/C15H21NOS/c1-4-11-9-15(18)17-14-10-12(7-8-13(11)14)16(5-2)6-3/h7-10,15,18H,4-6H2,1-3H3. The fraction of sp³-hybridized carbons (Fsp3) is 0.467. The zero-order chi connectivity index (χ0) is 13.1. The number of anilines is 1. The fourth-order valence-electron chi connectivity index (χ4n) is 2.39. The Bertz CT molecular complexity index is 452. The molecule has 0 fully saturated rings. The summed E-state index contributed by atoms with van der Waals surface area (Å²) in [6, 6.07) is 6.48. The van der Waals surface area contributed by atoms with Gasteiger partial charge in [-0.15, -0.1) is 12.6 Å². The van der Waals surface area contributed by atoms with Crippen LogP contribution in [0.3, 0.4) is 0 Å². The first-order valence-electron chi connectivity index (χ1n) is 6.64. The van der Waals surface area contributed by atoms with Crippen molar-refractivity contribution in [3.8, 4) is 5.75 Å². The summed E-state index contributed by atoms with van der Waals surface area (Å²) in [5, 5.41) is 0. The summed E-state index contributed by atoms with van der Waals surface area (Å²) in [5.74, 6) is 0.957. The number of ether oxygens (including phenoxy) is 1. The molecule has 1 unspecified atom stereocenters. The summed E-state index contributed by atoms with van der Waals surface area (Å²) in [4.78, 5) is 2.32. The molecule has 0 N–H and O–H groups in total. The molecular weight excluding hydrogens is 242 g/mol. The van der Waals surface area contributed by atoms with Gasteiger partial charge in [-0.05, 0) is 44.1 Å². The third-order valence-corrected chi connectivity index (χ3v) is 3.67. The second-order valence-electron chi connectivity index (χ2n) is 4.41. The third-order valence-electron chi connectivity index (χ3n) is 3.41. The van der Waals surface area contributed by atoms with Crippen LogP contribution in [0.5, 0.6) is 5.75 Å². The Morgan fingerprint density at radius 3 is 2.56 bits per heavy atom. The molecule has 0 saturated heterocycles. The first-order valence-corrected chi connectivity index (χ1v) is 7.16. The van der Waals surface area contributed by atoms with E-state index in [1.54, 1.807) is 0 Å². The topological polar surface area (TPSA) is 12.5 Å². The van der Waals surface area contributed by atoms with Gasteiger partial charge in [-0.1, -0.05) is 6.92 Å². The Morgan fingerprint density at radius 1 is 1.22 bits per heavy atom. The molecule has 3 heteroatoms.